The molecule has 0 heterocycles. The Morgan fingerprint density at radius 2 is 1.76 bits per heavy atom. The van der Waals surface area contributed by atoms with Crippen LogP contribution in [0.3, 0.4) is 0 Å². The number of hydrogen-bond acceptors (Lipinski definition) is 2. The Kier molecular flexibility index (Phi) is 4.85. The Bertz CT molecular complexity index is 631. The van der Waals surface area contributed by atoms with Crippen LogP contribution in [0.15, 0.2) is 36.4 Å². The monoisotopic (exact) mass is 295 g/mol. The molecule has 0 spiro atoms. The third-order valence-corrected chi connectivity index (χ3v) is 3.28. The second-order valence-corrected chi connectivity index (χ2v) is 4.74. The van der Waals surface area contributed by atoms with Crippen molar-refractivity contribution in [2.75, 3.05) is 7.11 Å². The highest BCUT2D eigenvalue weighted by molar-refractivity contribution is 5.30. The van der Waals surface area contributed by atoms with E-state index in [1.807, 2.05) is 31.2 Å². The van der Waals surface area contributed by atoms with Crippen LogP contribution in [0.1, 0.15) is 24.1 Å². The molecule has 0 saturated heterocycles. The van der Waals surface area contributed by atoms with Gasteiger partial charge in [-0.05, 0) is 30.7 Å². The summed E-state index contributed by atoms with van der Waals surface area (Å²) in [6, 6.07) is 8.78. The van der Waals surface area contributed by atoms with Gasteiger partial charge in [0.15, 0.2) is 11.6 Å². The maximum atomic E-state index is 13.5. The van der Waals surface area contributed by atoms with Gasteiger partial charge in [-0.15, -0.1) is 0 Å². The summed E-state index contributed by atoms with van der Waals surface area (Å²) in [6.07, 6.45) is 0. The molecule has 0 aliphatic heterocycles. The highest BCUT2D eigenvalue weighted by Crippen LogP contribution is 2.20. The molecule has 1 atom stereocenters. The molecule has 1 N–H and O–H groups in total. The zero-order chi connectivity index (χ0) is 15.4. The topological polar surface area (TPSA) is 21.3 Å². The minimum Gasteiger partial charge on any atom is -0.497 e. The molecule has 0 aromatic heterocycles. The van der Waals surface area contributed by atoms with E-state index >= 15 is 0 Å². The van der Waals surface area contributed by atoms with Crippen LogP contribution in [0.2, 0.25) is 0 Å². The molecule has 0 saturated carbocycles. The lowest BCUT2D eigenvalue weighted by atomic mass is 10.1. The normalized spacial score (nSPS) is 12.2. The van der Waals surface area contributed by atoms with Crippen LogP contribution >= 0.6 is 0 Å². The first-order valence-electron chi connectivity index (χ1n) is 6.52. The van der Waals surface area contributed by atoms with Gasteiger partial charge in [0, 0.05) is 24.2 Å². The van der Waals surface area contributed by atoms with E-state index in [0.717, 1.165) is 17.4 Å². The number of benzene rings is 2. The van der Waals surface area contributed by atoms with Crippen molar-refractivity contribution in [2.45, 2.75) is 19.5 Å². The molecular weight excluding hydrogens is 279 g/mol. The van der Waals surface area contributed by atoms with E-state index in [2.05, 4.69) is 5.32 Å². The Morgan fingerprint density at radius 1 is 1.05 bits per heavy atom. The molecular formula is C16H16F3NO. The summed E-state index contributed by atoms with van der Waals surface area (Å²) < 4.78 is 44.6. The van der Waals surface area contributed by atoms with Crippen molar-refractivity contribution in [3.63, 3.8) is 0 Å². The molecule has 2 aromatic carbocycles. The average Bonchev–Trinajstić information content (AvgIpc) is 2.49. The van der Waals surface area contributed by atoms with Gasteiger partial charge in [0.25, 0.3) is 0 Å². The number of halogens is 3. The van der Waals surface area contributed by atoms with E-state index in [9.17, 15) is 13.2 Å². The standard InChI is InChI=1S/C16H16F3NO/c1-10(11-4-3-5-13(6-11)21-2)20-9-12-7-15(18)16(19)8-14(12)17/h3-8,10,20H,9H2,1-2H3. The highest BCUT2D eigenvalue weighted by atomic mass is 19.2. The molecule has 21 heavy (non-hydrogen) atoms. The first-order valence-corrected chi connectivity index (χ1v) is 6.52. The van der Waals surface area contributed by atoms with Gasteiger partial charge in [-0.2, -0.15) is 0 Å². The van der Waals surface area contributed by atoms with Crippen LogP contribution in [0.4, 0.5) is 13.2 Å². The van der Waals surface area contributed by atoms with Crippen LogP contribution < -0.4 is 10.1 Å². The number of rotatable bonds is 5. The number of hydrogen-bond donors (Lipinski definition) is 1. The maximum Gasteiger partial charge on any atom is 0.161 e. The molecule has 0 bridgehead atoms. The van der Waals surface area contributed by atoms with Gasteiger partial charge in [0.2, 0.25) is 0 Å². The number of methoxy groups -OCH3 is 1. The van der Waals surface area contributed by atoms with Gasteiger partial charge < -0.3 is 10.1 Å². The molecule has 0 aliphatic rings. The van der Waals surface area contributed by atoms with Gasteiger partial charge >= 0.3 is 0 Å². The molecule has 112 valence electrons. The summed E-state index contributed by atoms with van der Waals surface area (Å²) in [5.74, 6) is -2.28. The van der Waals surface area contributed by atoms with E-state index in [1.165, 1.54) is 0 Å². The second-order valence-electron chi connectivity index (χ2n) is 4.74. The summed E-state index contributed by atoms with van der Waals surface area (Å²) in [4.78, 5) is 0. The van der Waals surface area contributed by atoms with Crippen LogP contribution in [-0.4, -0.2) is 7.11 Å². The summed E-state index contributed by atoms with van der Waals surface area (Å²) >= 11 is 0. The summed E-state index contributed by atoms with van der Waals surface area (Å²) in [5, 5.41) is 3.07. The average molecular weight is 295 g/mol. The van der Waals surface area contributed by atoms with Crippen LogP contribution in [0.5, 0.6) is 5.75 Å². The van der Waals surface area contributed by atoms with E-state index in [1.54, 1.807) is 7.11 Å². The third-order valence-electron chi connectivity index (χ3n) is 3.28. The predicted molar refractivity (Wildman–Crippen MR) is 74.6 cm³/mol. The Balaban J connectivity index is 2.07. The first kappa shape index (κ1) is 15.4. The van der Waals surface area contributed by atoms with Crippen LogP contribution in [0.25, 0.3) is 0 Å². The Morgan fingerprint density at radius 3 is 2.48 bits per heavy atom. The largest absolute Gasteiger partial charge is 0.497 e. The van der Waals surface area contributed by atoms with E-state index in [0.29, 0.717) is 6.07 Å². The fourth-order valence-electron chi connectivity index (χ4n) is 1.99. The Labute approximate surface area is 121 Å². The maximum absolute atomic E-state index is 13.5. The molecule has 2 aromatic rings. The molecule has 0 fully saturated rings. The number of ether oxygens (including phenoxy) is 1. The lowest BCUT2D eigenvalue weighted by Crippen LogP contribution is -2.19. The summed E-state index contributed by atoms with van der Waals surface area (Å²) in [7, 11) is 1.58. The molecule has 0 aliphatic carbocycles. The SMILES string of the molecule is COc1cccc(C(C)NCc2cc(F)c(F)cc2F)c1. The van der Waals surface area contributed by atoms with Gasteiger partial charge in [-0.3, -0.25) is 0 Å². The quantitative estimate of drug-likeness (QED) is 0.843. The minimum atomic E-state index is -1.18. The van der Waals surface area contributed by atoms with Crippen molar-refractivity contribution in [1.29, 1.82) is 0 Å². The molecule has 0 radical (unpaired) electrons. The second kappa shape index (κ2) is 6.63. The van der Waals surface area contributed by atoms with Gasteiger partial charge in [-0.25, -0.2) is 13.2 Å². The van der Waals surface area contributed by atoms with E-state index < -0.39 is 17.5 Å². The zero-order valence-electron chi connectivity index (χ0n) is 11.8. The third kappa shape index (κ3) is 3.76. The minimum absolute atomic E-state index is 0.0867. The fraction of sp³-hybridized carbons (Fsp3) is 0.250. The summed E-state index contributed by atoms with van der Waals surface area (Å²) in [6.45, 7) is 1.99. The van der Waals surface area contributed by atoms with Gasteiger partial charge in [0.1, 0.15) is 11.6 Å². The van der Waals surface area contributed by atoms with Crippen molar-refractivity contribution in [2.24, 2.45) is 0 Å². The smallest absolute Gasteiger partial charge is 0.161 e. The van der Waals surface area contributed by atoms with Crippen molar-refractivity contribution >= 4 is 0 Å². The van der Waals surface area contributed by atoms with Crippen molar-refractivity contribution in [3.8, 4) is 5.75 Å². The van der Waals surface area contributed by atoms with Crippen molar-refractivity contribution in [3.05, 3.63) is 65.0 Å². The van der Waals surface area contributed by atoms with Crippen LogP contribution in [-0.2, 0) is 6.54 Å². The lowest BCUT2D eigenvalue weighted by molar-refractivity contribution is 0.413. The van der Waals surface area contributed by atoms with Gasteiger partial charge in [-0.1, -0.05) is 12.1 Å². The van der Waals surface area contributed by atoms with Gasteiger partial charge in [0.05, 0.1) is 7.11 Å². The van der Waals surface area contributed by atoms with Crippen molar-refractivity contribution in [1.82, 2.24) is 5.32 Å². The molecule has 1 unspecified atom stereocenters. The summed E-state index contributed by atoms with van der Waals surface area (Å²) in [5.41, 5.74) is 1.04. The fourth-order valence-corrected chi connectivity index (χ4v) is 1.99. The lowest BCUT2D eigenvalue weighted by Gasteiger charge is -2.15. The molecule has 5 heteroatoms. The van der Waals surface area contributed by atoms with E-state index in [4.69, 9.17) is 4.74 Å². The highest BCUT2D eigenvalue weighted by Gasteiger charge is 2.11. The molecule has 2 nitrogen and oxygen atoms in total. The zero-order valence-corrected chi connectivity index (χ0v) is 11.8. The predicted octanol–water partition coefficient (Wildman–Crippen LogP) is 3.96. The van der Waals surface area contributed by atoms with E-state index in [-0.39, 0.29) is 18.2 Å². The molecule has 0 amide bonds. The number of nitrogens with one attached hydrogen (secondary N) is 1. The molecule has 2 rings (SSSR count). The Hall–Kier alpha value is -2.01. The van der Waals surface area contributed by atoms with Crippen LogP contribution in [0, 0.1) is 17.5 Å². The first-order chi connectivity index (χ1) is 10.0. The van der Waals surface area contributed by atoms with Crippen molar-refractivity contribution < 1.29 is 17.9 Å².